The summed E-state index contributed by atoms with van der Waals surface area (Å²) in [4.78, 5) is 40.6. The summed E-state index contributed by atoms with van der Waals surface area (Å²) in [5.74, 6) is -1.22. The summed E-state index contributed by atoms with van der Waals surface area (Å²) in [6, 6.07) is 10.4. The molecule has 0 bridgehead atoms. The van der Waals surface area contributed by atoms with E-state index in [-0.39, 0.29) is 17.0 Å². The molecule has 0 N–H and O–H groups in total. The Morgan fingerprint density at radius 3 is 2.32 bits per heavy atom. The molecule has 1 atom stereocenters. The molecule has 0 aromatic heterocycles. The van der Waals surface area contributed by atoms with Crippen molar-refractivity contribution in [3.8, 4) is 6.07 Å². The molecule has 7 nitrogen and oxygen atoms in total. The number of rotatable bonds is 5. The van der Waals surface area contributed by atoms with Gasteiger partial charge in [-0.2, -0.15) is 18.4 Å². The number of urea groups is 1. The van der Waals surface area contributed by atoms with Crippen molar-refractivity contribution in [3.05, 3.63) is 76.5 Å². The van der Waals surface area contributed by atoms with Gasteiger partial charge in [0.2, 0.25) is 0 Å². The first-order valence-electron chi connectivity index (χ1n) is 10.1. The number of allylic oxidation sites excluding steroid dienone is 1. The highest BCUT2D eigenvalue weighted by Crippen LogP contribution is 2.41. The molecule has 1 aliphatic rings. The topological polar surface area (TPSA) is 90.7 Å². The SMILES string of the molecule is COC(=O)CN1C(=O)N(c2cccc(C(F)(F)F)c2)C(C)=C(C(C)=O)C1c1ccc(C#N)cc1. The van der Waals surface area contributed by atoms with Crippen LogP contribution in [-0.2, 0) is 20.5 Å². The highest BCUT2D eigenvalue weighted by Gasteiger charge is 2.42. The number of anilines is 1. The smallest absolute Gasteiger partial charge is 0.416 e. The third-order valence-electron chi connectivity index (χ3n) is 5.44. The number of hydrogen-bond donors (Lipinski definition) is 0. The molecule has 2 amide bonds. The number of halogens is 3. The summed E-state index contributed by atoms with van der Waals surface area (Å²) in [5, 5.41) is 9.08. The van der Waals surface area contributed by atoms with Gasteiger partial charge in [-0.05, 0) is 49.7 Å². The predicted octanol–water partition coefficient (Wildman–Crippen LogP) is 4.60. The molecule has 0 fully saturated rings. The third kappa shape index (κ3) is 4.64. The number of carbonyl (C=O) groups is 3. The van der Waals surface area contributed by atoms with Crippen LogP contribution < -0.4 is 4.90 Å². The van der Waals surface area contributed by atoms with Crippen LogP contribution in [0.1, 0.15) is 36.6 Å². The molecule has 2 aromatic carbocycles. The van der Waals surface area contributed by atoms with Crippen LogP contribution in [0.15, 0.2) is 59.8 Å². The first-order chi connectivity index (χ1) is 16.0. The number of benzene rings is 2. The van der Waals surface area contributed by atoms with E-state index in [1.54, 1.807) is 12.1 Å². The maximum absolute atomic E-state index is 13.6. The number of carbonyl (C=O) groups excluding carboxylic acids is 3. The lowest BCUT2D eigenvalue weighted by molar-refractivity contribution is -0.141. The van der Waals surface area contributed by atoms with E-state index in [4.69, 9.17) is 10.00 Å². The minimum Gasteiger partial charge on any atom is -0.468 e. The highest BCUT2D eigenvalue weighted by atomic mass is 19.4. The minimum absolute atomic E-state index is 0.107. The zero-order chi connectivity index (χ0) is 25.2. The van der Waals surface area contributed by atoms with Crippen LogP contribution >= 0.6 is 0 Å². The van der Waals surface area contributed by atoms with E-state index >= 15 is 0 Å². The van der Waals surface area contributed by atoms with Gasteiger partial charge in [0.15, 0.2) is 5.78 Å². The van der Waals surface area contributed by atoms with Crippen LogP contribution in [0.3, 0.4) is 0 Å². The highest BCUT2D eigenvalue weighted by molar-refractivity contribution is 6.05. The number of nitriles is 1. The Morgan fingerprint density at radius 2 is 1.79 bits per heavy atom. The standard InChI is InChI=1S/C24H20F3N3O4/c1-14-21(15(2)31)22(17-9-7-16(12-28)8-10-17)29(13-20(32)34-3)23(33)30(14)19-6-4-5-18(11-19)24(25,26)27/h4-11,22H,13H2,1-3H3. The van der Waals surface area contributed by atoms with Crippen molar-refractivity contribution in [2.24, 2.45) is 0 Å². The van der Waals surface area contributed by atoms with Gasteiger partial charge in [-0.3, -0.25) is 14.5 Å². The lowest BCUT2D eigenvalue weighted by Gasteiger charge is -2.42. The molecule has 176 valence electrons. The normalized spacial score (nSPS) is 16.4. The van der Waals surface area contributed by atoms with Gasteiger partial charge in [-0.15, -0.1) is 0 Å². The molecule has 10 heteroatoms. The van der Waals surface area contributed by atoms with Gasteiger partial charge in [0.1, 0.15) is 6.54 Å². The Balaban J connectivity index is 2.25. The van der Waals surface area contributed by atoms with Crippen molar-refractivity contribution in [3.63, 3.8) is 0 Å². The fourth-order valence-electron chi connectivity index (χ4n) is 3.88. The first kappa shape index (κ1) is 24.5. The summed E-state index contributed by atoms with van der Waals surface area (Å²) < 4.78 is 44.6. The number of methoxy groups -OCH3 is 1. The molecule has 1 aliphatic heterocycles. The molecular weight excluding hydrogens is 451 g/mol. The van der Waals surface area contributed by atoms with Crippen LogP contribution in [0.4, 0.5) is 23.7 Å². The second-order valence-electron chi connectivity index (χ2n) is 7.56. The molecule has 1 heterocycles. The Hall–Kier alpha value is -4.13. The zero-order valence-electron chi connectivity index (χ0n) is 18.5. The van der Waals surface area contributed by atoms with E-state index < -0.39 is 42.1 Å². The molecular formula is C24H20F3N3O4. The van der Waals surface area contributed by atoms with Crippen molar-refractivity contribution in [1.29, 1.82) is 5.26 Å². The fraction of sp³-hybridized carbons (Fsp3) is 0.250. The van der Waals surface area contributed by atoms with Crippen LogP contribution in [0, 0.1) is 11.3 Å². The molecule has 0 saturated heterocycles. The van der Waals surface area contributed by atoms with Crippen LogP contribution in [-0.4, -0.2) is 36.3 Å². The Bertz CT molecular complexity index is 1210. The number of nitrogens with zero attached hydrogens (tertiary/aromatic N) is 3. The number of Topliss-reactive ketones (excluding diaryl/α,β-unsaturated/α-hetero) is 1. The van der Waals surface area contributed by atoms with E-state index in [2.05, 4.69) is 0 Å². The molecule has 3 rings (SSSR count). The van der Waals surface area contributed by atoms with Crippen LogP contribution in [0.2, 0.25) is 0 Å². The largest absolute Gasteiger partial charge is 0.468 e. The van der Waals surface area contributed by atoms with E-state index in [0.717, 1.165) is 35.1 Å². The van der Waals surface area contributed by atoms with Crippen molar-refractivity contribution in [2.45, 2.75) is 26.1 Å². The number of amides is 2. The van der Waals surface area contributed by atoms with Gasteiger partial charge in [0.25, 0.3) is 0 Å². The lowest BCUT2D eigenvalue weighted by Crippen LogP contribution is -2.52. The monoisotopic (exact) mass is 471 g/mol. The summed E-state index contributed by atoms with van der Waals surface area (Å²) in [7, 11) is 1.13. The quantitative estimate of drug-likeness (QED) is 0.595. The summed E-state index contributed by atoms with van der Waals surface area (Å²) in [6.45, 7) is 2.17. The van der Waals surface area contributed by atoms with Gasteiger partial charge >= 0.3 is 18.2 Å². The molecule has 1 unspecified atom stereocenters. The predicted molar refractivity (Wildman–Crippen MR) is 115 cm³/mol. The summed E-state index contributed by atoms with van der Waals surface area (Å²) in [6.07, 6.45) is -4.65. The molecule has 0 saturated carbocycles. The first-order valence-corrected chi connectivity index (χ1v) is 10.1. The second kappa shape index (κ2) is 9.39. The maximum atomic E-state index is 13.6. The van der Waals surface area contributed by atoms with Crippen molar-refractivity contribution >= 4 is 23.5 Å². The van der Waals surface area contributed by atoms with Crippen LogP contribution in [0.5, 0.6) is 0 Å². The Kier molecular flexibility index (Phi) is 6.77. The summed E-state index contributed by atoms with van der Waals surface area (Å²) >= 11 is 0. The van der Waals surface area contributed by atoms with E-state index in [0.29, 0.717) is 11.1 Å². The molecule has 2 aromatic rings. The molecule has 0 radical (unpaired) electrons. The van der Waals surface area contributed by atoms with Gasteiger partial charge in [0.05, 0.1) is 36.0 Å². The average molecular weight is 471 g/mol. The van der Waals surface area contributed by atoms with Gasteiger partial charge in [-0.25, -0.2) is 4.79 Å². The Labute approximate surface area is 193 Å². The van der Waals surface area contributed by atoms with Gasteiger partial charge in [0, 0.05) is 11.3 Å². The number of hydrogen-bond acceptors (Lipinski definition) is 5. The number of esters is 1. The molecule has 34 heavy (non-hydrogen) atoms. The number of ether oxygens (including phenoxy) is 1. The average Bonchev–Trinajstić information content (AvgIpc) is 2.80. The minimum atomic E-state index is -4.65. The summed E-state index contributed by atoms with van der Waals surface area (Å²) in [5.41, 5.74) is -0.0311. The van der Waals surface area contributed by atoms with Crippen LogP contribution in [0.25, 0.3) is 0 Å². The Morgan fingerprint density at radius 1 is 1.15 bits per heavy atom. The van der Waals surface area contributed by atoms with Gasteiger partial charge < -0.3 is 9.64 Å². The fourth-order valence-corrected chi connectivity index (χ4v) is 3.88. The molecule has 0 spiro atoms. The van der Waals surface area contributed by atoms with E-state index in [1.807, 2.05) is 6.07 Å². The van der Waals surface area contributed by atoms with Crippen molar-refractivity contribution < 1.29 is 32.3 Å². The second-order valence-corrected chi connectivity index (χ2v) is 7.56. The van der Waals surface area contributed by atoms with Crippen molar-refractivity contribution in [2.75, 3.05) is 18.6 Å². The van der Waals surface area contributed by atoms with Gasteiger partial charge in [-0.1, -0.05) is 18.2 Å². The zero-order valence-corrected chi connectivity index (χ0v) is 18.5. The number of alkyl halides is 3. The van der Waals surface area contributed by atoms with E-state index in [1.165, 1.54) is 32.0 Å². The number of ketones is 1. The lowest BCUT2D eigenvalue weighted by atomic mass is 9.90. The third-order valence-corrected chi connectivity index (χ3v) is 5.44. The molecule has 0 aliphatic carbocycles. The maximum Gasteiger partial charge on any atom is 0.416 e. The van der Waals surface area contributed by atoms with Crippen molar-refractivity contribution in [1.82, 2.24) is 4.90 Å². The van der Waals surface area contributed by atoms with E-state index in [9.17, 15) is 27.6 Å².